The highest BCUT2D eigenvalue weighted by Gasteiger charge is 2.13. The fourth-order valence-electron chi connectivity index (χ4n) is 0.995. The Labute approximate surface area is 83.8 Å². The molecule has 0 aliphatic rings. The second-order valence-electron chi connectivity index (χ2n) is 2.49. The molecule has 1 unspecified atom stereocenters. The molecular formula is C7H7ClN4S. The predicted octanol–water partition coefficient (Wildman–Crippen LogP) is 1.57. The molecule has 0 amide bonds. The van der Waals surface area contributed by atoms with Crippen LogP contribution in [-0.4, -0.2) is 15.2 Å². The summed E-state index contributed by atoms with van der Waals surface area (Å²) in [6.07, 6.45) is 1.43. The standard InChI is InChI=1S/C7H7ClN4S/c8-5-2-1-4(13-5)6(9)7-10-3-11-12-7/h1-3,6H,9H2,(H,10,11,12). The SMILES string of the molecule is NC(c1ncn[nH]1)c1ccc(Cl)s1. The third kappa shape index (κ3) is 1.72. The Morgan fingerprint density at radius 2 is 2.38 bits per heavy atom. The van der Waals surface area contributed by atoms with E-state index in [1.165, 1.54) is 17.7 Å². The van der Waals surface area contributed by atoms with E-state index < -0.39 is 0 Å². The van der Waals surface area contributed by atoms with Crippen molar-refractivity contribution in [1.82, 2.24) is 15.2 Å². The summed E-state index contributed by atoms with van der Waals surface area (Å²) in [5.41, 5.74) is 5.89. The van der Waals surface area contributed by atoms with Crippen molar-refractivity contribution in [1.29, 1.82) is 0 Å². The van der Waals surface area contributed by atoms with Crippen LogP contribution in [0.25, 0.3) is 0 Å². The largest absolute Gasteiger partial charge is 0.317 e. The first-order chi connectivity index (χ1) is 6.27. The molecule has 1 atom stereocenters. The summed E-state index contributed by atoms with van der Waals surface area (Å²) in [7, 11) is 0. The number of rotatable bonds is 2. The number of hydrogen-bond donors (Lipinski definition) is 2. The number of aromatic nitrogens is 3. The lowest BCUT2D eigenvalue weighted by molar-refractivity contribution is 0.802. The van der Waals surface area contributed by atoms with Crippen molar-refractivity contribution in [3.8, 4) is 0 Å². The van der Waals surface area contributed by atoms with E-state index in [2.05, 4.69) is 15.2 Å². The molecule has 0 aliphatic carbocycles. The topological polar surface area (TPSA) is 67.6 Å². The van der Waals surface area contributed by atoms with E-state index in [0.29, 0.717) is 5.82 Å². The van der Waals surface area contributed by atoms with Crippen LogP contribution in [0, 0.1) is 0 Å². The number of nitrogens with two attached hydrogens (primary N) is 1. The van der Waals surface area contributed by atoms with Gasteiger partial charge in [0, 0.05) is 4.88 Å². The van der Waals surface area contributed by atoms with Gasteiger partial charge in [0.15, 0.2) is 0 Å². The molecule has 0 bridgehead atoms. The number of hydrogen-bond acceptors (Lipinski definition) is 4. The Balaban J connectivity index is 2.28. The fraction of sp³-hybridized carbons (Fsp3) is 0.143. The number of halogens is 1. The van der Waals surface area contributed by atoms with Gasteiger partial charge in [-0.1, -0.05) is 11.6 Å². The molecule has 4 nitrogen and oxygen atoms in total. The minimum absolute atomic E-state index is 0.264. The van der Waals surface area contributed by atoms with Crippen molar-refractivity contribution in [2.24, 2.45) is 5.73 Å². The lowest BCUT2D eigenvalue weighted by Crippen LogP contribution is -2.11. The second-order valence-corrected chi connectivity index (χ2v) is 4.24. The van der Waals surface area contributed by atoms with Gasteiger partial charge in [-0.15, -0.1) is 11.3 Å². The van der Waals surface area contributed by atoms with Crippen LogP contribution in [-0.2, 0) is 0 Å². The van der Waals surface area contributed by atoms with Gasteiger partial charge >= 0.3 is 0 Å². The van der Waals surface area contributed by atoms with Crippen LogP contribution in [0.2, 0.25) is 4.34 Å². The summed E-state index contributed by atoms with van der Waals surface area (Å²) in [6, 6.07) is 3.44. The van der Waals surface area contributed by atoms with Crippen LogP contribution in [0.15, 0.2) is 18.5 Å². The summed E-state index contributed by atoms with van der Waals surface area (Å²) < 4.78 is 0.727. The van der Waals surface area contributed by atoms with E-state index in [9.17, 15) is 0 Å². The van der Waals surface area contributed by atoms with Gasteiger partial charge in [-0.2, -0.15) is 5.10 Å². The van der Waals surface area contributed by atoms with Crippen molar-refractivity contribution in [2.75, 3.05) is 0 Å². The van der Waals surface area contributed by atoms with Crippen molar-refractivity contribution in [3.63, 3.8) is 0 Å². The maximum absolute atomic E-state index is 5.89. The Hall–Kier alpha value is -0.910. The molecule has 0 radical (unpaired) electrons. The molecule has 0 aromatic carbocycles. The van der Waals surface area contributed by atoms with Crippen LogP contribution >= 0.6 is 22.9 Å². The van der Waals surface area contributed by atoms with E-state index in [1.54, 1.807) is 0 Å². The highest BCUT2D eigenvalue weighted by Crippen LogP contribution is 2.27. The van der Waals surface area contributed by atoms with Gasteiger partial charge in [-0.3, -0.25) is 5.10 Å². The van der Waals surface area contributed by atoms with E-state index in [0.717, 1.165) is 9.21 Å². The molecule has 0 saturated heterocycles. The van der Waals surface area contributed by atoms with Gasteiger partial charge in [0.05, 0.1) is 10.4 Å². The number of nitrogens with zero attached hydrogens (tertiary/aromatic N) is 2. The maximum Gasteiger partial charge on any atom is 0.146 e. The summed E-state index contributed by atoms with van der Waals surface area (Å²) >= 11 is 7.23. The highest BCUT2D eigenvalue weighted by molar-refractivity contribution is 7.16. The minimum Gasteiger partial charge on any atom is -0.317 e. The highest BCUT2D eigenvalue weighted by atomic mass is 35.5. The van der Waals surface area contributed by atoms with Gasteiger partial charge in [0.25, 0.3) is 0 Å². The number of nitrogens with one attached hydrogen (secondary N) is 1. The van der Waals surface area contributed by atoms with Crippen LogP contribution in [0.5, 0.6) is 0 Å². The first kappa shape index (κ1) is 8.68. The normalized spacial score (nSPS) is 13.1. The molecule has 0 aliphatic heterocycles. The monoisotopic (exact) mass is 214 g/mol. The van der Waals surface area contributed by atoms with Crippen LogP contribution in [0.4, 0.5) is 0 Å². The van der Waals surface area contributed by atoms with Crippen molar-refractivity contribution in [2.45, 2.75) is 6.04 Å². The van der Waals surface area contributed by atoms with E-state index in [4.69, 9.17) is 17.3 Å². The van der Waals surface area contributed by atoms with Crippen molar-refractivity contribution in [3.05, 3.63) is 33.5 Å². The Kier molecular flexibility index (Phi) is 2.30. The van der Waals surface area contributed by atoms with E-state index >= 15 is 0 Å². The van der Waals surface area contributed by atoms with Gasteiger partial charge in [-0.05, 0) is 12.1 Å². The smallest absolute Gasteiger partial charge is 0.146 e. The second kappa shape index (κ2) is 3.45. The van der Waals surface area contributed by atoms with E-state index in [1.807, 2.05) is 12.1 Å². The molecule has 6 heteroatoms. The molecule has 2 heterocycles. The van der Waals surface area contributed by atoms with Gasteiger partial charge in [-0.25, -0.2) is 4.98 Å². The zero-order chi connectivity index (χ0) is 9.26. The zero-order valence-corrected chi connectivity index (χ0v) is 8.14. The summed E-state index contributed by atoms with van der Waals surface area (Å²) in [5, 5.41) is 6.45. The molecule has 2 aromatic heterocycles. The van der Waals surface area contributed by atoms with Gasteiger partial charge in [0.2, 0.25) is 0 Å². The maximum atomic E-state index is 5.89. The summed E-state index contributed by atoms with van der Waals surface area (Å²) in [6.45, 7) is 0. The average molecular weight is 215 g/mol. The Morgan fingerprint density at radius 1 is 1.54 bits per heavy atom. The lowest BCUT2D eigenvalue weighted by atomic mass is 10.2. The number of thiophene rings is 1. The molecule has 0 saturated carbocycles. The first-order valence-corrected chi connectivity index (χ1v) is 4.83. The third-order valence-corrected chi connectivity index (χ3v) is 2.94. The zero-order valence-electron chi connectivity index (χ0n) is 6.57. The molecule has 2 aromatic rings. The van der Waals surface area contributed by atoms with Crippen LogP contribution < -0.4 is 5.73 Å². The van der Waals surface area contributed by atoms with Gasteiger partial charge in [0.1, 0.15) is 12.2 Å². The van der Waals surface area contributed by atoms with Gasteiger partial charge < -0.3 is 5.73 Å². The summed E-state index contributed by atoms with van der Waals surface area (Å²) in [5.74, 6) is 0.651. The average Bonchev–Trinajstić information content (AvgIpc) is 2.72. The first-order valence-electron chi connectivity index (χ1n) is 3.63. The number of H-pyrrole nitrogens is 1. The van der Waals surface area contributed by atoms with E-state index in [-0.39, 0.29) is 6.04 Å². The van der Waals surface area contributed by atoms with Crippen LogP contribution in [0.1, 0.15) is 16.7 Å². The third-order valence-electron chi connectivity index (χ3n) is 1.63. The van der Waals surface area contributed by atoms with Crippen molar-refractivity contribution < 1.29 is 0 Å². The molecular weight excluding hydrogens is 208 g/mol. The molecule has 0 spiro atoms. The van der Waals surface area contributed by atoms with Crippen molar-refractivity contribution >= 4 is 22.9 Å². The minimum atomic E-state index is -0.264. The molecule has 68 valence electrons. The predicted molar refractivity (Wildman–Crippen MR) is 51.7 cm³/mol. The molecule has 13 heavy (non-hydrogen) atoms. The molecule has 0 fully saturated rings. The lowest BCUT2D eigenvalue weighted by Gasteiger charge is -2.03. The Bertz CT molecular complexity index is 383. The van der Waals surface area contributed by atoms with Crippen LogP contribution in [0.3, 0.4) is 0 Å². The Morgan fingerprint density at radius 3 is 2.92 bits per heavy atom. The summed E-state index contributed by atoms with van der Waals surface area (Å²) in [4.78, 5) is 4.95. The fourth-order valence-corrected chi connectivity index (χ4v) is 2.06. The molecule has 2 rings (SSSR count). The number of aromatic amines is 1. The quantitative estimate of drug-likeness (QED) is 0.798. The molecule has 3 N–H and O–H groups in total.